The van der Waals surface area contributed by atoms with Gasteiger partial charge in [-0.2, -0.15) is 9.97 Å². The summed E-state index contributed by atoms with van der Waals surface area (Å²) in [5, 5.41) is 32.7. The Labute approximate surface area is 177 Å². The number of aliphatic hydroxyl groups excluding tert-OH is 3. The molecule has 11 heteroatoms. The summed E-state index contributed by atoms with van der Waals surface area (Å²) >= 11 is 6.07. The highest BCUT2D eigenvalue weighted by molar-refractivity contribution is 6.28. The van der Waals surface area contributed by atoms with E-state index in [9.17, 15) is 15.3 Å². The number of hydrogen-bond donors (Lipinski definition) is 4. The molecule has 160 valence electrons. The quantitative estimate of drug-likeness (QED) is 0.298. The first-order valence-electron chi connectivity index (χ1n) is 9.46. The number of aromatic nitrogens is 4. The van der Waals surface area contributed by atoms with Gasteiger partial charge in [-0.1, -0.05) is 30.3 Å². The Morgan fingerprint density at radius 3 is 2.70 bits per heavy atom. The van der Waals surface area contributed by atoms with Crippen LogP contribution in [0.25, 0.3) is 11.2 Å². The Kier molecular flexibility index (Phi) is 6.42. The van der Waals surface area contributed by atoms with Gasteiger partial charge in [0.25, 0.3) is 0 Å². The SMILES string of the molecule is OC[C@H]1O[C@@H](n2cnc3c(NCCOCc4ccccc4)nc(Cl)nc32)[C@H](O)[C@@H]1O. The number of rotatable bonds is 8. The highest BCUT2D eigenvalue weighted by atomic mass is 35.5. The van der Waals surface area contributed by atoms with Crippen molar-refractivity contribution in [2.45, 2.75) is 31.1 Å². The molecule has 0 unspecified atom stereocenters. The highest BCUT2D eigenvalue weighted by Gasteiger charge is 2.44. The highest BCUT2D eigenvalue weighted by Crippen LogP contribution is 2.32. The molecule has 4 atom stereocenters. The lowest BCUT2D eigenvalue weighted by molar-refractivity contribution is -0.0511. The Hall–Kier alpha value is -2.34. The average molecular weight is 436 g/mol. The first kappa shape index (κ1) is 20.9. The van der Waals surface area contributed by atoms with E-state index in [0.29, 0.717) is 36.7 Å². The number of fused-ring (bicyclic) bond motifs is 1. The van der Waals surface area contributed by atoms with Crippen molar-refractivity contribution in [3.63, 3.8) is 0 Å². The smallest absolute Gasteiger partial charge is 0.226 e. The first-order chi connectivity index (χ1) is 14.6. The van der Waals surface area contributed by atoms with Crippen LogP contribution in [0.5, 0.6) is 0 Å². The van der Waals surface area contributed by atoms with Crippen LogP contribution in [0.15, 0.2) is 36.7 Å². The third kappa shape index (κ3) is 4.24. The van der Waals surface area contributed by atoms with Gasteiger partial charge in [0.05, 0.1) is 26.1 Å². The van der Waals surface area contributed by atoms with Gasteiger partial charge in [0, 0.05) is 6.54 Å². The molecule has 0 amide bonds. The van der Waals surface area contributed by atoms with Gasteiger partial charge < -0.3 is 30.1 Å². The van der Waals surface area contributed by atoms with Crippen LogP contribution in [-0.4, -0.2) is 72.9 Å². The van der Waals surface area contributed by atoms with Gasteiger partial charge in [-0.25, -0.2) is 4.98 Å². The second-order valence-electron chi connectivity index (χ2n) is 6.86. The maximum absolute atomic E-state index is 10.3. The van der Waals surface area contributed by atoms with E-state index in [1.807, 2.05) is 30.3 Å². The lowest BCUT2D eigenvalue weighted by atomic mass is 10.1. The number of imidazole rings is 1. The number of anilines is 1. The number of ether oxygens (including phenoxy) is 2. The maximum atomic E-state index is 10.3. The van der Waals surface area contributed by atoms with E-state index in [0.717, 1.165) is 5.56 Å². The second kappa shape index (κ2) is 9.21. The van der Waals surface area contributed by atoms with Crippen LogP contribution < -0.4 is 5.32 Å². The molecule has 4 rings (SSSR count). The fourth-order valence-corrected chi connectivity index (χ4v) is 3.48. The third-order valence-electron chi connectivity index (χ3n) is 4.84. The molecular formula is C19H22ClN5O5. The normalized spacial score (nSPS) is 23.9. The van der Waals surface area contributed by atoms with E-state index in [2.05, 4.69) is 20.3 Å². The van der Waals surface area contributed by atoms with E-state index in [-0.39, 0.29) is 5.28 Å². The molecular weight excluding hydrogens is 414 g/mol. The zero-order chi connectivity index (χ0) is 21.1. The molecule has 0 spiro atoms. The van der Waals surface area contributed by atoms with Gasteiger partial charge in [-0.15, -0.1) is 0 Å². The molecule has 0 radical (unpaired) electrons. The van der Waals surface area contributed by atoms with Crippen LogP contribution in [0.3, 0.4) is 0 Å². The lowest BCUT2D eigenvalue weighted by Gasteiger charge is -2.16. The Bertz CT molecular complexity index is 988. The third-order valence-corrected chi connectivity index (χ3v) is 5.00. The Morgan fingerprint density at radius 1 is 1.17 bits per heavy atom. The van der Waals surface area contributed by atoms with Gasteiger partial charge in [0.1, 0.15) is 18.3 Å². The van der Waals surface area contributed by atoms with Crippen molar-refractivity contribution in [1.29, 1.82) is 0 Å². The van der Waals surface area contributed by atoms with Crippen molar-refractivity contribution in [1.82, 2.24) is 19.5 Å². The van der Waals surface area contributed by atoms with Gasteiger partial charge in [0.15, 0.2) is 23.2 Å². The van der Waals surface area contributed by atoms with Gasteiger partial charge >= 0.3 is 0 Å². The van der Waals surface area contributed by atoms with Crippen LogP contribution in [0.2, 0.25) is 5.28 Å². The molecule has 0 saturated carbocycles. The summed E-state index contributed by atoms with van der Waals surface area (Å²) in [6.45, 7) is 0.985. The van der Waals surface area contributed by atoms with Gasteiger partial charge in [0.2, 0.25) is 5.28 Å². The van der Waals surface area contributed by atoms with Crippen molar-refractivity contribution >= 4 is 28.6 Å². The van der Waals surface area contributed by atoms with Gasteiger partial charge in [-0.3, -0.25) is 4.57 Å². The molecule has 1 fully saturated rings. The molecule has 2 aromatic heterocycles. The van der Waals surface area contributed by atoms with Crippen molar-refractivity contribution in [3.05, 3.63) is 47.5 Å². The minimum Gasteiger partial charge on any atom is -0.394 e. The number of aliphatic hydroxyl groups is 3. The number of nitrogens with one attached hydrogen (secondary N) is 1. The number of halogens is 1. The van der Waals surface area contributed by atoms with Crippen molar-refractivity contribution in [2.75, 3.05) is 25.1 Å². The van der Waals surface area contributed by atoms with Crippen LogP contribution in [-0.2, 0) is 16.1 Å². The number of benzene rings is 1. The second-order valence-corrected chi connectivity index (χ2v) is 7.20. The van der Waals surface area contributed by atoms with Crippen LogP contribution >= 0.6 is 11.6 Å². The predicted octanol–water partition coefficient (Wildman–Crippen LogP) is 0.720. The minimum atomic E-state index is -1.25. The Morgan fingerprint density at radius 2 is 1.97 bits per heavy atom. The molecule has 1 aliphatic heterocycles. The summed E-state index contributed by atoms with van der Waals surface area (Å²) in [5.41, 5.74) is 1.85. The molecule has 3 aromatic rings. The molecule has 0 aliphatic carbocycles. The fraction of sp³-hybridized carbons (Fsp3) is 0.421. The fourth-order valence-electron chi connectivity index (χ4n) is 3.32. The topological polar surface area (TPSA) is 135 Å². The van der Waals surface area contributed by atoms with Crippen molar-refractivity contribution in [2.24, 2.45) is 0 Å². The average Bonchev–Trinajstić information content (AvgIpc) is 3.29. The summed E-state index contributed by atoms with van der Waals surface area (Å²) in [7, 11) is 0. The zero-order valence-corrected chi connectivity index (χ0v) is 16.7. The molecule has 10 nitrogen and oxygen atoms in total. The first-order valence-corrected chi connectivity index (χ1v) is 9.84. The van der Waals surface area contributed by atoms with Gasteiger partial charge in [-0.05, 0) is 17.2 Å². The maximum Gasteiger partial charge on any atom is 0.226 e. The van der Waals surface area contributed by atoms with E-state index in [1.165, 1.54) is 10.9 Å². The predicted molar refractivity (Wildman–Crippen MR) is 108 cm³/mol. The molecule has 1 saturated heterocycles. The molecule has 0 bridgehead atoms. The summed E-state index contributed by atoms with van der Waals surface area (Å²) in [4.78, 5) is 12.7. The van der Waals surface area contributed by atoms with E-state index >= 15 is 0 Å². The Balaban J connectivity index is 1.45. The number of nitrogens with zero attached hydrogens (tertiary/aromatic N) is 4. The number of hydrogen-bond acceptors (Lipinski definition) is 9. The van der Waals surface area contributed by atoms with E-state index in [4.69, 9.17) is 21.1 Å². The van der Waals surface area contributed by atoms with Crippen molar-refractivity contribution < 1.29 is 24.8 Å². The largest absolute Gasteiger partial charge is 0.394 e. The van der Waals surface area contributed by atoms with E-state index in [1.54, 1.807) is 0 Å². The van der Waals surface area contributed by atoms with Crippen LogP contribution in [0.4, 0.5) is 5.82 Å². The molecule has 1 aliphatic rings. The molecule has 4 N–H and O–H groups in total. The van der Waals surface area contributed by atoms with Crippen molar-refractivity contribution in [3.8, 4) is 0 Å². The van der Waals surface area contributed by atoms with Crippen LogP contribution in [0.1, 0.15) is 11.8 Å². The standard InChI is InChI=1S/C19H22ClN5O5/c20-19-23-16(21-6-7-29-9-11-4-2-1-3-5-11)13-17(24-19)25(10-22-13)18-15(28)14(27)12(8-26)30-18/h1-5,10,12,14-15,18,26-28H,6-9H2,(H,21,23,24)/t12-,14-,15-,18-/m1/s1. The summed E-state index contributed by atoms with van der Waals surface area (Å²) < 4.78 is 12.7. The van der Waals surface area contributed by atoms with Crippen LogP contribution in [0, 0.1) is 0 Å². The zero-order valence-electron chi connectivity index (χ0n) is 15.9. The molecule has 1 aromatic carbocycles. The minimum absolute atomic E-state index is 0.0105. The van der Waals surface area contributed by atoms with E-state index < -0.39 is 31.1 Å². The summed E-state index contributed by atoms with van der Waals surface area (Å²) in [5.74, 6) is 0.416. The molecule has 30 heavy (non-hydrogen) atoms. The lowest BCUT2D eigenvalue weighted by Crippen LogP contribution is -2.33. The summed E-state index contributed by atoms with van der Waals surface area (Å²) in [6, 6.07) is 9.85. The monoisotopic (exact) mass is 435 g/mol. The summed E-state index contributed by atoms with van der Waals surface area (Å²) in [6.07, 6.45) is -2.92. The molecule has 3 heterocycles.